The summed E-state index contributed by atoms with van der Waals surface area (Å²) in [5, 5.41) is 14.3. The van der Waals surface area contributed by atoms with Crippen molar-refractivity contribution in [3.8, 4) is 0 Å². The number of nitrogens with one attached hydrogen (secondary N) is 1. The first-order chi connectivity index (χ1) is 8.83. The molecular formula is C11H12N6S. The molecule has 0 fully saturated rings. The van der Waals surface area contributed by atoms with Crippen LogP contribution < -0.4 is 5.32 Å². The van der Waals surface area contributed by atoms with Crippen LogP contribution >= 0.6 is 11.3 Å². The lowest BCUT2D eigenvalue weighted by atomic mass is 10.4. The van der Waals surface area contributed by atoms with Gasteiger partial charge in [0.2, 0.25) is 5.65 Å². The lowest BCUT2D eigenvalue weighted by Gasteiger charge is -2.04. The van der Waals surface area contributed by atoms with Gasteiger partial charge in [-0.15, -0.1) is 21.5 Å². The zero-order chi connectivity index (χ0) is 12.4. The first kappa shape index (κ1) is 11.1. The van der Waals surface area contributed by atoms with E-state index in [4.69, 9.17) is 0 Å². The minimum absolute atomic E-state index is 0.743. The number of fused-ring (bicyclic) bond motifs is 1. The van der Waals surface area contributed by atoms with E-state index < -0.39 is 0 Å². The Kier molecular flexibility index (Phi) is 2.89. The van der Waals surface area contributed by atoms with Crippen LogP contribution in [0.25, 0.3) is 5.65 Å². The molecule has 0 aliphatic carbocycles. The highest BCUT2D eigenvalue weighted by molar-refractivity contribution is 7.09. The highest BCUT2D eigenvalue weighted by atomic mass is 32.1. The molecule has 0 saturated carbocycles. The molecule has 0 spiro atoms. The van der Waals surface area contributed by atoms with Crippen molar-refractivity contribution >= 4 is 22.8 Å². The van der Waals surface area contributed by atoms with Crippen molar-refractivity contribution in [2.75, 3.05) is 11.9 Å². The third kappa shape index (κ3) is 2.17. The second-order valence-electron chi connectivity index (χ2n) is 3.90. The lowest BCUT2D eigenvalue weighted by molar-refractivity contribution is 0.973. The van der Waals surface area contributed by atoms with Crippen LogP contribution in [0.3, 0.4) is 0 Å². The van der Waals surface area contributed by atoms with Gasteiger partial charge in [0.1, 0.15) is 6.33 Å². The van der Waals surface area contributed by atoms with Crippen LogP contribution in [0, 0.1) is 6.92 Å². The maximum Gasteiger partial charge on any atom is 0.203 e. The first-order valence-corrected chi connectivity index (χ1v) is 6.50. The van der Waals surface area contributed by atoms with Gasteiger partial charge in [-0.25, -0.2) is 9.97 Å². The van der Waals surface area contributed by atoms with Crippen molar-refractivity contribution in [1.82, 2.24) is 24.6 Å². The Morgan fingerprint density at radius 1 is 1.44 bits per heavy atom. The summed E-state index contributed by atoms with van der Waals surface area (Å²) in [4.78, 5) is 8.68. The summed E-state index contributed by atoms with van der Waals surface area (Å²) >= 11 is 1.69. The fourth-order valence-electron chi connectivity index (χ4n) is 1.69. The van der Waals surface area contributed by atoms with Gasteiger partial charge >= 0.3 is 0 Å². The molecule has 3 heterocycles. The Bertz CT molecular complexity index is 658. The summed E-state index contributed by atoms with van der Waals surface area (Å²) in [6, 6.07) is 0. The summed E-state index contributed by atoms with van der Waals surface area (Å²) in [6.07, 6.45) is 6.10. The molecule has 0 bridgehead atoms. The van der Waals surface area contributed by atoms with Gasteiger partial charge in [0.15, 0.2) is 5.82 Å². The van der Waals surface area contributed by atoms with Gasteiger partial charge in [0, 0.05) is 36.4 Å². The first-order valence-electron chi connectivity index (χ1n) is 5.62. The SMILES string of the molecule is Cc1csc(CCNc2nccn3cnnc23)n1. The zero-order valence-corrected chi connectivity index (χ0v) is 10.7. The fraction of sp³-hybridized carbons (Fsp3) is 0.273. The van der Waals surface area contributed by atoms with E-state index in [1.165, 1.54) is 0 Å². The largest absolute Gasteiger partial charge is 0.366 e. The standard InChI is InChI=1S/C11H12N6S/c1-8-6-18-9(15-8)2-3-12-10-11-16-14-7-17(11)5-4-13-10/h4-7H,2-3H2,1H3,(H,12,13). The van der Waals surface area contributed by atoms with Gasteiger partial charge in [0.25, 0.3) is 0 Å². The average Bonchev–Trinajstić information content (AvgIpc) is 2.98. The maximum absolute atomic E-state index is 4.42. The van der Waals surface area contributed by atoms with Crippen LogP contribution in [0.1, 0.15) is 10.7 Å². The fourth-order valence-corrected chi connectivity index (χ4v) is 2.46. The molecule has 0 atom stereocenters. The van der Waals surface area contributed by atoms with Crippen molar-refractivity contribution < 1.29 is 0 Å². The van der Waals surface area contributed by atoms with Gasteiger partial charge in [-0.2, -0.15) is 0 Å². The quantitative estimate of drug-likeness (QED) is 0.770. The number of aryl methyl sites for hydroxylation is 1. The summed E-state index contributed by atoms with van der Waals surface area (Å²) in [5.41, 5.74) is 1.82. The number of hydrogen-bond acceptors (Lipinski definition) is 6. The van der Waals surface area contributed by atoms with Crippen LogP contribution in [0.4, 0.5) is 5.82 Å². The highest BCUT2D eigenvalue weighted by Gasteiger charge is 2.04. The van der Waals surface area contributed by atoms with Gasteiger partial charge in [-0.3, -0.25) is 4.40 Å². The summed E-state index contributed by atoms with van der Waals surface area (Å²) < 4.78 is 1.84. The predicted octanol–water partition coefficient (Wildman–Crippen LogP) is 1.54. The second-order valence-corrected chi connectivity index (χ2v) is 4.84. The van der Waals surface area contributed by atoms with E-state index in [2.05, 4.69) is 30.9 Å². The van der Waals surface area contributed by atoms with Gasteiger partial charge in [-0.05, 0) is 6.92 Å². The molecule has 3 rings (SSSR count). The topological polar surface area (TPSA) is 68.0 Å². The third-order valence-corrected chi connectivity index (χ3v) is 3.54. The van der Waals surface area contributed by atoms with Crippen molar-refractivity contribution in [1.29, 1.82) is 0 Å². The second kappa shape index (κ2) is 4.69. The Hall–Kier alpha value is -2.02. The third-order valence-electron chi connectivity index (χ3n) is 2.51. The molecule has 0 aromatic carbocycles. The number of hydrogen-bond donors (Lipinski definition) is 1. The van der Waals surface area contributed by atoms with E-state index in [1.807, 2.05) is 17.5 Å². The van der Waals surface area contributed by atoms with E-state index in [0.29, 0.717) is 0 Å². The highest BCUT2D eigenvalue weighted by Crippen LogP contribution is 2.12. The minimum Gasteiger partial charge on any atom is -0.366 e. The maximum atomic E-state index is 4.42. The number of aromatic nitrogens is 5. The molecule has 0 amide bonds. The summed E-state index contributed by atoms with van der Waals surface area (Å²) in [5.74, 6) is 0.753. The molecule has 7 heteroatoms. The van der Waals surface area contributed by atoms with E-state index in [0.717, 1.165) is 35.1 Å². The zero-order valence-electron chi connectivity index (χ0n) is 9.87. The molecule has 3 aromatic rings. The van der Waals surface area contributed by atoms with Crippen LogP contribution in [-0.2, 0) is 6.42 Å². The predicted molar refractivity (Wildman–Crippen MR) is 69.8 cm³/mol. The van der Waals surface area contributed by atoms with Crippen molar-refractivity contribution in [3.63, 3.8) is 0 Å². The van der Waals surface area contributed by atoms with Crippen molar-refractivity contribution in [2.45, 2.75) is 13.3 Å². The number of rotatable bonds is 4. The molecule has 1 N–H and O–H groups in total. The van der Waals surface area contributed by atoms with Crippen LogP contribution in [0.5, 0.6) is 0 Å². The van der Waals surface area contributed by atoms with Gasteiger partial charge < -0.3 is 5.32 Å². The molecule has 92 valence electrons. The van der Waals surface area contributed by atoms with Crippen LogP contribution in [0.15, 0.2) is 24.1 Å². The van der Waals surface area contributed by atoms with Gasteiger partial charge in [-0.1, -0.05) is 0 Å². The molecule has 0 saturated heterocycles. The Morgan fingerprint density at radius 3 is 3.22 bits per heavy atom. The molecule has 0 radical (unpaired) electrons. The smallest absolute Gasteiger partial charge is 0.203 e. The normalized spacial score (nSPS) is 10.9. The molecular weight excluding hydrogens is 248 g/mol. The molecule has 18 heavy (non-hydrogen) atoms. The van der Waals surface area contributed by atoms with Crippen LogP contribution in [0.2, 0.25) is 0 Å². The molecule has 0 aliphatic heterocycles. The Morgan fingerprint density at radius 2 is 2.39 bits per heavy atom. The van der Waals surface area contributed by atoms with Crippen molar-refractivity contribution in [3.05, 3.63) is 34.8 Å². The summed E-state index contributed by atoms with van der Waals surface area (Å²) in [6.45, 7) is 2.79. The molecule has 0 unspecified atom stereocenters. The van der Waals surface area contributed by atoms with Gasteiger partial charge in [0.05, 0.1) is 5.01 Å². The van der Waals surface area contributed by atoms with E-state index in [1.54, 1.807) is 23.9 Å². The summed E-state index contributed by atoms with van der Waals surface area (Å²) in [7, 11) is 0. The minimum atomic E-state index is 0.743. The molecule has 3 aromatic heterocycles. The molecule has 0 aliphatic rings. The Balaban J connectivity index is 1.68. The number of nitrogens with zero attached hydrogens (tertiary/aromatic N) is 5. The number of anilines is 1. The number of thiazole rings is 1. The molecule has 6 nitrogen and oxygen atoms in total. The van der Waals surface area contributed by atoms with E-state index >= 15 is 0 Å². The lowest BCUT2D eigenvalue weighted by Crippen LogP contribution is -2.07. The van der Waals surface area contributed by atoms with Crippen molar-refractivity contribution in [2.24, 2.45) is 0 Å². The Labute approximate surface area is 108 Å². The average molecular weight is 260 g/mol. The van der Waals surface area contributed by atoms with E-state index in [-0.39, 0.29) is 0 Å². The van der Waals surface area contributed by atoms with E-state index in [9.17, 15) is 0 Å². The van der Waals surface area contributed by atoms with Crippen LogP contribution in [-0.4, -0.2) is 31.1 Å². The monoisotopic (exact) mass is 260 g/mol.